The van der Waals surface area contributed by atoms with E-state index < -0.39 is 12.0 Å². The van der Waals surface area contributed by atoms with E-state index in [1.165, 1.54) is 0 Å². The summed E-state index contributed by atoms with van der Waals surface area (Å²) in [4.78, 5) is 32.4. The van der Waals surface area contributed by atoms with Gasteiger partial charge in [0.15, 0.2) is 11.5 Å². The zero-order valence-electron chi connectivity index (χ0n) is 18.9. The van der Waals surface area contributed by atoms with Gasteiger partial charge in [-0.2, -0.15) is 0 Å². The van der Waals surface area contributed by atoms with Crippen LogP contribution in [0.3, 0.4) is 0 Å². The normalized spacial score (nSPS) is 18.0. The summed E-state index contributed by atoms with van der Waals surface area (Å²) in [6, 6.07) is 16.4. The van der Waals surface area contributed by atoms with E-state index >= 15 is 0 Å². The van der Waals surface area contributed by atoms with Gasteiger partial charge in [-0.25, -0.2) is 0 Å². The summed E-state index contributed by atoms with van der Waals surface area (Å²) in [5.41, 5.74) is 3.26. The molecule has 7 heteroatoms. The Balaban J connectivity index is 1.78. The highest BCUT2D eigenvalue weighted by atomic mass is 16.5. The molecular formula is C26H27N3O4. The van der Waals surface area contributed by atoms with Crippen LogP contribution in [0.5, 0.6) is 11.5 Å². The van der Waals surface area contributed by atoms with Gasteiger partial charge in [0.2, 0.25) is 11.8 Å². The maximum absolute atomic E-state index is 13.4. The molecule has 1 N–H and O–H groups in total. The summed E-state index contributed by atoms with van der Waals surface area (Å²) >= 11 is 0. The Morgan fingerprint density at radius 1 is 1.06 bits per heavy atom. The molecule has 0 unspecified atom stereocenters. The summed E-state index contributed by atoms with van der Waals surface area (Å²) in [6.45, 7) is 2.00. The van der Waals surface area contributed by atoms with E-state index in [1.54, 1.807) is 49.7 Å². The fourth-order valence-electron chi connectivity index (χ4n) is 4.27. The quantitative estimate of drug-likeness (QED) is 0.603. The van der Waals surface area contributed by atoms with Crippen LogP contribution in [-0.4, -0.2) is 31.0 Å². The zero-order chi connectivity index (χ0) is 23.4. The summed E-state index contributed by atoms with van der Waals surface area (Å²) < 4.78 is 10.9. The second kappa shape index (κ2) is 9.73. The van der Waals surface area contributed by atoms with Crippen molar-refractivity contribution in [1.29, 1.82) is 0 Å². The zero-order valence-corrected chi connectivity index (χ0v) is 18.9. The van der Waals surface area contributed by atoms with E-state index in [9.17, 15) is 9.59 Å². The Labute approximate surface area is 193 Å². The molecule has 1 aliphatic rings. The van der Waals surface area contributed by atoms with Crippen molar-refractivity contribution in [3.8, 4) is 11.5 Å². The van der Waals surface area contributed by atoms with Crippen LogP contribution in [0.25, 0.3) is 0 Å². The largest absolute Gasteiger partial charge is 0.493 e. The SMILES string of the molecule is COc1ccc([C@@H]2[C@H](C(=O)Nc3cccnc3)CCC(=O)N2c2ccc(C)cc2)cc1OC. The molecule has 0 aliphatic carbocycles. The van der Waals surface area contributed by atoms with E-state index in [0.29, 0.717) is 23.6 Å². The van der Waals surface area contributed by atoms with Crippen molar-refractivity contribution in [3.05, 3.63) is 78.1 Å². The lowest BCUT2D eigenvalue weighted by molar-refractivity contribution is -0.125. The van der Waals surface area contributed by atoms with Gasteiger partial charge >= 0.3 is 0 Å². The number of ether oxygens (including phenoxy) is 2. The van der Waals surface area contributed by atoms with Gasteiger partial charge < -0.3 is 19.7 Å². The van der Waals surface area contributed by atoms with Crippen molar-refractivity contribution in [3.63, 3.8) is 0 Å². The van der Waals surface area contributed by atoms with Crippen LogP contribution in [0.15, 0.2) is 67.0 Å². The fourth-order valence-corrected chi connectivity index (χ4v) is 4.27. The molecule has 33 heavy (non-hydrogen) atoms. The number of aromatic nitrogens is 1. The highest BCUT2D eigenvalue weighted by Gasteiger charge is 2.41. The third-order valence-electron chi connectivity index (χ3n) is 5.92. The average Bonchev–Trinajstić information content (AvgIpc) is 2.84. The van der Waals surface area contributed by atoms with Crippen LogP contribution in [0.1, 0.15) is 30.0 Å². The van der Waals surface area contributed by atoms with Crippen molar-refractivity contribution >= 4 is 23.2 Å². The monoisotopic (exact) mass is 445 g/mol. The number of nitrogens with zero attached hydrogens (tertiary/aromatic N) is 2. The lowest BCUT2D eigenvalue weighted by Crippen LogP contribution is -2.47. The van der Waals surface area contributed by atoms with Gasteiger partial charge in [0.05, 0.1) is 38.1 Å². The van der Waals surface area contributed by atoms with E-state index in [0.717, 1.165) is 16.8 Å². The summed E-state index contributed by atoms with van der Waals surface area (Å²) in [5.74, 6) is 0.476. The number of amides is 2. The first-order valence-corrected chi connectivity index (χ1v) is 10.8. The predicted octanol–water partition coefficient (Wildman–Crippen LogP) is 4.53. The van der Waals surface area contributed by atoms with Gasteiger partial charge in [-0.3, -0.25) is 14.6 Å². The third kappa shape index (κ3) is 4.67. The number of pyridine rings is 1. The Kier molecular flexibility index (Phi) is 6.58. The highest BCUT2D eigenvalue weighted by Crippen LogP contribution is 2.42. The first kappa shape index (κ1) is 22.3. The molecule has 0 radical (unpaired) electrons. The number of benzene rings is 2. The molecule has 1 aliphatic heterocycles. The molecule has 0 saturated carbocycles. The number of nitrogens with one attached hydrogen (secondary N) is 1. The standard InChI is InChI=1S/C26H27N3O4/c1-17-6-9-20(10-7-17)29-24(30)13-11-21(26(31)28-19-5-4-14-27-16-19)25(29)18-8-12-22(32-2)23(15-18)33-3/h4-10,12,14-16,21,25H,11,13H2,1-3H3,(H,28,31)/t21-,25-/m1/s1. The van der Waals surface area contributed by atoms with E-state index in [4.69, 9.17) is 9.47 Å². The number of piperidine rings is 1. The molecule has 4 rings (SSSR count). The van der Waals surface area contributed by atoms with Gasteiger partial charge in [0.1, 0.15) is 0 Å². The molecule has 1 saturated heterocycles. The minimum Gasteiger partial charge on any atom is -0.493 e. The van der Waals surface area contributed by atoms with Gasteiger partial charge in [-0.05, 0) is 55.3 Å². The van der Waals surface area contributed by atoms with Crippen molar-refractivity contribution in [2.45, 2.75) is 25.8 Å². The van der Waals surface area contributed by atoms with Gasteiger partial charge in [0.25, 0.3) is 0 Å². The molecule has 170 valence electrons. The van der Waals surface area contributed by atoms with Crippen LogP contribution in [0.4, 0.5) is 11.4 Å². The number of carbonyl (C=O) groups is 2. The number of hydrogen-bond acceptors (Lipinski definition) is 5. The Morgan fingerprint density at radius 2 is 1.82 bits per heavy atom. The maximum Gasteiger partial charge on any atom is 0.229 e. The molecule has 3 aromatic rings. The lowest BCUT2D eigenvalue weighted by atomic mass is 9.83. The van der Waals surface area contributed by atoms with Crippen molar-refractivity contribution in [1.82, 2.24) is 4.98 Å². The predicted molar refractivity (Wildman–Crippen MR) is 127 cm³/mol. The minimum atomic E-state index is -0.509. The molecule has 2 aromatic carbocycles. The van der Waals surface area contributed by atoms with E-state index in [1.807, 2.05) is 43.3 Å². The number of rotatable bonds is 6. The first-order valence-electron chi connectivity index (χ1n) is 10.8. The smallest absolute Gasteiger partial charge is 0.229 e. The molecule has 2 atom stereocenters. The number of hydrogen-bond donors (Lipinski definition) is 1. The molecular weight excluding hydrogens is 418 g/mol. The number of methoxy groups -OCH3 is 2. The summed E-state index contributed by atoms with van der Waals surface area (Å²) in [7, 11) is 3.14. The van der Waals surface area contributed by atoms with Crippen LogP contribution in [0, 0.1) is 12.8 Å². The molecule has 7 nitrogen and oxygen atoms in total. The Bertz CT molecular complexity index is 1130. The molecule has 2 heterocycles. The van der Waals surface area contributed by atoms with Crippen molar-refractivity contribution < 1.29 is 19.1 Å². The van der Waals surface area contributed by atoms with Gasteiger partial charge in [0, 0.05) is 18.3 Å². The van der Waals surface area contributed by atoms with Crippen LogP contribution in [-0.2, 0) is 9.59 Å². The van der Waals surface area contributed by atoms with Crippen molar-refractivity contribution in [2.75, 3.05) is 24.4 Å². The highest BCUT2D eigenvalue weighted by molar-refractivity contribution is 6.00. The van der Waals surface area contributed by atoms with Crippen LogP contribution >= 0.6 is 0 Å². The number of anilines is 2. The molecule has 1 fully saturated rings. The molecule has 1 aromatic heterocycles. The maximum atomic E-state index is 13.4. The Hall–Kier alpha value is -3.87. The Morgan fingerprint density at radius 3 is 2.48 bits per heavy atom. The van der Waals surface area contributed by atoms with Gasteiger partial charge in [-0.1, -0.05) is 23.8 Å². The number of aryl methyl sites for hydroxylation is 1. The second-order valence-electron chi connectivity index (χ2n) is 8.03. The lowest BCUT2D eigenvalue weighted by Gasteiger charge is -2.41. The van der Waals surface area contributed by atoms with Crippen LogP contribution < -0.4 is 19.7 Å². The van der Waals surface area contributed by atoms with Crippen LogP contribution in [0.2, 0.25) is 0 Å². The van der Waals surface area contributed by atoms with E-state index in [2.05, 4.69) is 10.3 Å². The minimum absolute atomic E-state index is 0.0240. The first-order chi connectivity index (χ1) is 16.0. The van der Waals surface area contributed by atoms with Gasteiger partial charge in [-0.15, -0.1) is 0 Å². The average molecular weight is 446 g/mol. The molecule has 0 bridgehead atoms. The topological polar surface area (TPSA) is 80.8 Å². The fraction of sp³-hybridized carbons (Fsp3) is 0.269. The molecule has 0 spiro atoms. The van der Waals surface area contributed by atoms with E-state index in [-0.39, 0.29) is 18.2 Å². The molecule has 2 amide bonds. The summed E-state index contributed by atoms with van der Waals surface area (Å²) in [5, 5.41) is 2.96. The number of carbonyl (C=O) groups excluding carboxylic acids is 2. The van der Waals surface area contributed by atoms with Crippen molar-refractivity contribution in [2.24, 2.45) is 5.92 Å². The third-order valence-corrected chi connectivity index (χ3v) is 5.92. The summed E-state index contributed by atoms with van der Waals surface area (Å²) in [6.07, 6.45) is 3.98. The second-order valence-corrected chi connectivity index (χ2v) is 8.03.